The van der Waals surface area contributed by atoms with Crippen molar-refractivity contribution < 1.29 is 59.3 Å². The van der Waals surface area contributed by atoms with E-state index in [1.54, 1.807) is 24.3 Å². The molecule has 0 heterocycles. The molecule has 0 spiro atoms. The minimum atomic E-state index is -5.12. The van der Waals surface area contributed by atoms with Gasteiger partial charge in [0.1, 0.15) is 16.9 Å². The van der Waals surface area contributed by atoms with Crippen LogP contribution in [0.1, 0.15) is 128 Å². The van der Waals surface area contributed by atoms with Crippen LogP contribution in [0.5, 0.6) is 5.75 Å². The van der Waals surface area contributed by atoms with Crippen molar-refractivity contribution in [2.45, 2.75) is 110 Å². The highest BCUT2D eigenvalue weighted by atomic mass is 19.4. The number of hydrogen-bond donors (Lipinski definition) is 0. The maximum atomic E-state index is 14.9. The lowest BCUT2D eigenvalue weighted by Crippen LogP contribution is -2.34. The van der Waals surface area contributed by atoms with Crippen LogP contribution in [0.15, 0.2) is 48.5 Å². The molecule has 52 heavy (non-hydrogen) atoms. The van der Waals surface area contributed by atoms with Crippen molar-refractivity contribution in [3.05, 3.63) is 88.5 Å². The first kappa shape index (κ1) is 42.0. The van der Waals surface area contributed by atoms with E-state index < -0.39 is 71.0 Å². The van der Waals surface area contributed by atoms with Crippen LogP contribution < -0.4 is 4.74 Å². The maximum Gasteiger partial charge on any atom is 0.425 e. The number of carbonyl (C=O) groups is 3. The highest BCUT2D eigenvalue weighted by Gasteiger charge is 2.44. The fourth-order valence-corrected chi connectivity index (χ4v) is 5.38. The molecule has 13 heteroatoms. The standard InChI is InChI=1S/C39H43F7O6/c1-3-5-7-9-10-11-12-14-24-50-36(47)27-18-16-25(17-19-27)26-20-22-28(23-21-26)51-37(48)30-32(40)34(42)31(35(43)33(30)41)38(49)52-29(39(44,45)46)15-13-8-6-4-2/h16-23,29H,3-15,24H2,1-2H3. The van der Waals surface area contributed by atoms with Gasteiger partial charge in [-0.05, 0) is 54.7 Å². The Hall–Kier alpha value is -4.42. The van der Waals surface area contributed by atoms with Crippen LogP contribution >= 0.6 is 0 Å². The van der Waals surface area contributed by atoms with Gasteiger partial charge in [-0.2, -0.15) is 13.2 Å². The lowest BCUT2D eigenvalue weighted by molar-refractivity contribution is -0.206. The lowest BCUT2D eigenvalue weighted by Gasteiger charge is -2.21. The van der Waals surface area contributed by atoms with Crippen molar-refractivity contribution in [1.82, 2.24) is 0 Å². The Balaban J connectivity index is 1.62. The second-order valence-corrected chi connectivity index (χ2v) is 12.4. The van der Waals surface area contributed by atoms with Crippen LogP contribution in [0.4, 0.5) is 30.7 Å². The van der Waals surface area contributed by atoms with E-state index in [0.29, 0.717) is 42.6 Å². The number of alkyl halides is 3. The van der Waals surface area contributed by atoms with Crippen LogP contribution in [0.3, 0.4) is 0 Å². The minimum Gasteiger partial charge on any atom is -0.462 e. The first-order valence-electron chi connectivity index (χ1n) is 17.5. The first-order chi connectivity index (χ1) is 24.8. The van der Waals surface area contributed by atoms with Crippen LogP contribution in [0.2, 0.25) is 0 Å². The number of esters is 3. The molecule has 0 aliphatic heterocycles. The van der Waals surface area contributed by atoms with Crippen LogP contribution in [-0.4, -0.2) is 36.8 Å². The lowest BCUT2D eigenvalue weighted by atomic mass is 10.0. The second kappa shape index (κ2) is 20.6. The van der Waals surface area contributed by atoms with Crippen LogP contribution in [-0.2, 0) is 9.47 Å². The number of unbranched alkanes of at least 4 members (excludes halogenated alkanes) is 10. The summed E-state index contributed by atoms with van der Waals surface area (Å²) in [6.45, 7) is 4.31. The van der Waals surface area contributed by atoms with Gasteiger partial charge in [0.25, 0.3) is 0 Å². The van der Waals surface area contributed by atoms with Gasteiger partial charge in [0, 0.05) is 0 Å². The van der Waals surface area contributed by atoms with Crippen LogP contribution in [0, 0.1) is 23.3 Å². The molecule has 1 atom stereocenters. The molecule has 1 unspecified atom stereocenters. The molecule has 0 radical (unpaired) electrons. The van der Waals surface area contributed by atoms with E-state index in [2.05, 4.69) is 11.7 Å². The maximum absolute atomic E-state index is 14.9. The Bertz CT molecular complexity index is 1590. The third-order valence-corrected chi connectivity index (χ3v) is 8.36. The summed E-state index contributed by atoms with van der Waals surface area (Å²) >= 11 is 0. The zero-order valence-corrected chi connectivity index (χ0v) is 29.2. The SMILES string of the molecule is CCCCCCCCCCOC(=O)c1ccc(-c2ccc(OC(=O)c3c(F)c(F)c(C(=O)OC(CCCCCC)C(F)(F)F)c(F)c3F)cc2)cc1. The van der Waals surface area contributed by atoms with Gasteiger partial charge in [0.2, 0.25) is 0 Å². The van der Waals surface area contributed by atoms with Gasteiger partial charge < -0.3 is 14.2 Å². The van der Waals surface area contributed by atoms with E-state index in [9.17, 15) is 45.1 Å². The number of hydrogen-bond acceptors (Lipinski definition) is 6. The van der Waals surface area contributed by atoms with E-state index in [0.717, 1.165) is 19.3 Å². The molecule has 3 rings (SSSR count). The number of rotatable bonds is 20. The molecule has 0 saturated carbocycles. The predicted octanol–water partition coefficient (Wildman–Crippen LogP) is 11.5. The molecule has 0 fully saturated rings. The van der Waals surface area contributed by atoms with Gasteiger partial charge in [-0.15, -0.1) is 0 Å². The first-order valence-corrected chi connectivity index (χ1v) is 17.5. The number of benzene rings is 3. The molecule has 6 nitrogen and oxygen atoms in total. The molecule has 3 aromatic carbocycles. The molecular weight excluding hydrogens is 697 g/mol. The van der Waals surface area contributed by atoms with Gasteiger partial charge in [-0.3, -0.25) is 0 Å². The molecular formula is C39H43F7O6. The zero-order valence-electron chi connectivity index (χ0n) is 29.2. The summed E-state index contributed by atoms with van der Waals surface area (Å²) in [4.78, 5) is 37.4. The summed E-state index contributed by atoms with van der Waals surface area (Å²) in [5.74, 6) is -14.4. The fourth-order valence-electron chi connectivity index (χ4n) is 5.38. The Morgan fingerprint density at radius 3 is 1.52 bits per heavy atom. The Morgan fingerprint density at radius 2 is 1.02 bits per heavy atom. The molecule has 284 valence electrons. The zero-order chi connectivity index (χ0) is 38.3. The molecule has 0 aliphatic carbocycles. The van der Waals surface area contributed by atoms with Crippen LogP contribution in [0.25, 0.3) is 11.1 Å². The van der Waals surface area contributed by atoms with E-state index >= 15 is 0 Å². The Morgan fingerprint density at radius 1 is 0.577 bits per heavy atom. The van der Waals surface area contributed by atoms with Crippen molar-refractivity contribution in [3.8, 4) is 16.9 Å². The summed E-state index contributed by atoms with van der Waals surface area (Å²) in [6.07, 6.45) is 1.92. The Kier molecular flexibility index (Phi) is 16.6. The van der Waals surface area contributed by atoms with Crippen molar-refractivity contribution >= 4 is 17.9 Å². The topological polar surface area (TPSA) is 78.9 Å². The van der Waals surface area contributed by atoms with Crippen molar-refractivity contribution in [1.29, 1.82) is 0 Å². The molecule has 0 N–H and O–H groups in total. The average Bonchev–Trinajstić information content (AvgIpc) is 3.11. The molecule has 0 bridgehead atoms. The molecule has 0 aromatic heterocycles. The molecule has 0 saturated heterocycles. The Labute approximate surface area is 298 Å². The van der Waals surface area contributed by atoms with E-state index in [1.165, 1.54) is 56.4 Å². The van der Waals surface area contributed by atoms with Gasteiger partial charge in [-0.1, -0.05) is 102 Å². The highest BCUT2D eigenvalue weighted by molar-refractivity contribution is 5.95. The average molecular weight is 741 g/mol. The molecule has 3 aromatic rings. The quantitative estimate of drug-likeness (QED) is 0.0377. The van der Waals surface area contributed by atoms with Crippen molar-refractivity contribution in [2.75, 3.05) is 6.61 Å². The van der Waals surface area contributed by atoms with Crippen molar-refractivity contribution in [3.63, 3.8) is 0 Å². The van der Waals surface area contributed by atoms with E-state index in [4.69, 9.17) is 9.47 Å². The summed E-state index contributed by atoms with van der Waals surface area (Å²) in [6, 6.07) is 11.8. The third-order valence-electron chi connectivity index (χ3n) is 8.36. The number of halogens is 7. The highest BCUT2D eigenvalue weighted by Crippen LogP contribution is 2.31. The van der Waals surface area contributed by atoms with E-state index in [-0.39, 0.29) is 12.2 Å². The molecule has 0 aliphatic rings. The van der Waals surface area contributed by atoms with Gasteiger partial charge in [-0.25, -0.2) is 31.9 Å². The fraction of sp³-hybridized carbons (Fsp3) is 0.462. The van der Waals surface area contributed by atoms with Crippen molar-refractivity contribution in [2.24, 2.45) is 0 Å². The largest absolute Gasteiger partial charge is 0.462 e. The number of carbonyl (C=O) groups excluding carboxylic acids is 3. The van der Waals surface area contributed by atoms with E-state index in [1.807, 2.05) is 6.92 Å². The summed E-state index contributed by atoms with van der Waals surface area (Å²) in [5.41, 5.74) is -2.32. The van der Waals surface area contributed by atoms with Gasteiger partial charge in [0.15, 0.2) is 29.4 Å². The minimum absolute atomic E-state index is 0.0348. The van der Waals surface area contributed by atoms with Gasteiger partial charge >= 0.3 is 24.1 Å². The summed E-state index contributed by atoms with van der Waals surface area (Å²) in [5, 5.41) is 0. The summed E-state index contributed by atoms with van der Waals surface area (Å²) < 4.78 is 114. The normalized spacial score (nSPS) is 12.0. The molecule has 0 amide bonds. The third kappa shape index (κ3) is 12.1. The number of ether oxygens (including phenoxy) is 3. The monoisotopic (exact) mass is 740 g/mol. The van der Waals surface area contributed by atoms with Gasteiger partial charge in [0.05, 0.1) is 12.2 Å². The second-order valence-electron chi connectivity index (χ2n) is 12.4. The smallest absolute Gasteiger partial charge is 0.425 e. The predicted molar refractivity (Wildman–Crippen MR) is 180 cm³/mol. The summed E-state index contributed by atoms with van der Waals surface area (Å²) in [7, 11) is 0.